The number of nitriles is 1. The maximum Gasteiger partial charge on any atom is 0.237 e. The number of anilines is 1. The number of rotatable bonds is 3. The van der Waals surface area contributed by atoms with Gasteiger partial charge in [-0.1, -0.05) is 0 Å². The third-order valence-corrected chi connectivity index (χ3v) is 4.18. The van der Waals surface area contributed by atoms with Crippen molar-refractivity contribution in [2.45, 2.75) is 37.8 Å². The smallest absolute Gasteiger partial charge is 0.237 e. The summed E-state index contributed by atoms with van der Waals surface area (Å²) in [6.45, 7) is 1.79. The van der Waals surface area contributed by atoms with Crippen molar-refractivity contribution in [2.24, 2.45) is 11.7 Å². The highest BCUT2D eigenvalue weighted by atomic mass is 35.5. The molecular formula is C15H21ClN4O. The van der Waals surface area contributed by atoms with Crippen LogP contribution in [0, 0.1) is 17.2 Å². The highest BCUT2D eigenvalue weighted by Crippen LogP contribution is 2.32. The molecule has 1 aliphatic heterocycles. The van der Waals surface area contributed by atoms with Gasteiger partial charge in [0, 0.05) is 31.2 Å². The lowest BCUT2D eigenvalue weighted by molar-refractivity contribution is 0.0962. The SMILES string of the molecule is Cl.N#CC1CCN(c2cccnc2OC2CC(N)C2)CC1. The van der Waals surface area contributed by atoms with Gasteiger partial charge in [0.1, 0.15) is 6.10 Å². The van der Waals surface area contributed by atoms with Gasteiger partial charge in [0.25, 0.3) is 0 Å². The van der Waals surface area contributed by atoms with Crippen LogP contribution in [0.4, 0.5) is 5.69 Å². The Hall–Kier alpha value is -1.51. The number of nitrogens with zero attached hydrogens (tertiary/aromatic N) is 3. The van der Waals surface area contributed by atoms with Gasteiger partial charge in [0.2, 0.25) is 5.88 Å². The molecule has 1 aromatic heterocycles. The summed E-state index contributed by atoms with van der Waals surface area (Å²) in [6, 6.07) is 6.62. The molecule has 2 fully saturated rings. The van der Waals surface area contributed by atoms with Crippen LogP contribution in [0.1, 0.15) is 25.7 Å². The van der Waals surface area contributed by atoms with E-state index < -0.39 is 0 Å². The standard InChI is InChI=1S/C15H20N4O.ClH/c16-10-11-3-6-19(7-4-11)14-2-1-5-18-15(14)20-13-8-12(17)9-13;/h1-2,5,11-13H,3-4,6-9,17H2;1H. The van der Waals surface area contributed by atoms with Crippen LogP contribution in [0.15, 0.2) is 18.3 Å². The van der Waals surface area contributed by atoms with E-state index in [0.29, 0.717) is 5.88 Å². The van der Waals surface area contributed by atoms with Crippen LogP contribution in [0.3, 0.4) is 0 Å². The van der Waals surface area contributed by atoms with E-state index in [1.807, 2.05) is 12.1 Å². The van der Waals surface area contributed by atoms with Gasteiger partial charge in [-0.25, -0.2) is 4.98 Å². The van der Waals surface area contributed by atoms with Gasteiger partial charge in [0.15, 0.2) is 0 Å². The van der Waals surface area contributed by atoms with E-state index in [2.05, 4.69) is 16.0 Å². The highest BCUT2D eigenvalue weighted by Gasteiger charge is 2.29. The van der Waals surface area contributed by atoms with E-state index in [1.54, 1.807) is 6.20 Å². The topological polar surface area (TPSA) is 75.2 Å². The summed E-state index contributed by atoms with van der Waals surface area (Å²) in [5.41, 5.74) is 6.84. The Morgan fingerprint density at radius 2 is 2.05 bits per heavy atom. The molecule has 3 rings (SSSR count). The molecule has 0 amide bonds. The van der Waals surface area contributed by atoms with Gasteiger partial charge in [-0.15, -0.1) is 12.4 Å². The minimum absolute atomic E-state index is 0. The fraction of sp³-hybridized carbons (Fsp3) is 0.600. The Bertz CT molecular complexity index is 505. The predicted molar refractivity (Wildman–Crippen MR) is 83.7 cm³/mol. The molecule has 0 radical (unpaired) electrons. The first-order valence-electron chi connectivity index (χ1n) is 7.28. The van der Waals surface area contributed by atoms with Crippen LogP contribution >= 0.6 is 12.4 Å². The first-order chi connectivity index (χ1) is 9.76. The second-order valence-corrected chi connectivity index (χ2v) is 5.69. The third-order valence-electron chi connectivity index (χ3n) is 4.18. The molecule has 21 heavy (non-hydrogen) atoms. The number of pyridine rings is 1. The lowest BCUT2D eigenvalue weighted by Gasteiger charge is -2.35. The van der Waals surface area contributed by atoms with Gasteiger partial charge < -0.3 is 15.4 Å². The van der Waals surface area contributed by atoms with Crippen molar-refractivity contribution in [3.05, 3.63) is 18.3 Å². The maximum atomic E-state index is 8.97. The van der Waals surface area contributed by atoms with Crippen molar-refractivity contribution in [1.82, 2.24) is 4.98 Å². The average Bonchev–Trinajstić information content (AvgIpc) is 2.46. The van der Waals surface area contributed by atoms with Gasteiger partial charge in [0.05, 0.1) is 11.8 Å². The molecule has 0 bridgehead atoms. The maximum absolute atomic E-state index is 8.97. The molecule has 6 heteroatoms. The molecule has 0 spiro atoms. The molecule has 2 N–H and O–H groups in total. The van der Waals surface area contributed by atoms with E-state index in [9.17, 15) is 0 Å². The Labute approximate surface area is 131 Å². The summed E-state index contributed by atoms with van der Waals surface area (Å²) in [5, 5.41) is 8.97. The Balaban J connectivity index is 0.00000161. The number of nitrogens with two attached hydrogens (primary N) is 1. The number of piperidine rings is 1. The molecule has 2 aliphatic rings. The quantitative estimate of drug-likeness (QED) is 0.925. The van der Waals surface area contributed by atoms with E-state index in [0.717, 1.165) is 44.5 Å². The fourth-order valence-electron chi connectivity index (χ4n) is 2.82. The minimum Gasteiger partial charge on any atom is -0.473 e. The zero-order chi connectivity index (χ0) is 13.9. The van der Waals surface area contributed by atoms with E-state index in [4.69, 9.17) is 15.7 Å². The van der Waals surface area contributed by atoms with Gasteiger partial charge in [-0.3, -0.25) is 0 Å². The van der Waals surface area contributed by atoms with Gasteiger partial charge >= 0.3 is 0 Å². The summed E-state index contributed by atoms with van der Waals surface area (Å²) in [4.78, 5) is 6.64. The molecule has 2 heterocycles. The molecule has 1 aromatic rings. The van der Waals surface area contributed by atoms with Crippen LogP contribution in [0.2, 0.25) is 0 Å². The minimum atomic E-state index is 0. The van der Waals surface area contributed by atoms with Gasteiger partial charge in [-0.05, 0) is 37.8 Å². The zero-order valence-electron chi connectivity index (χ0n) is 11.9. The van der Waals surface area contributed by atoms with Crippen LogP contribution < -0.4 is 15.4 Å². The van der Waals surface area contributed by atoms with Crippen molar-refractivity contribution in [3.8, 4) is 11.9 Å². The lowest BCUT2D eigenvalue weighted by Crippen LogP contribution is -2.43. The number of aromatic nitrogens is 1. The van der Waals surface area contributed by atoms with Crippen molar-refractivity contribution >= 4 is 18.1 Å². The van der Waals surface area contributed by atoms with E-state index in [1.165, 1.54) is 0 Å². The predicted octanol–water partition coefficient (Wildman–Crippen LogP) is 2.11. The second-order valence-electron chi connectivity index (χ2n) is 5.69. The second kappa shape index (κ2) is 6.97. The number of ether oxygens (including phenoxy) is 1. The summed E-state index contributed by atoms with van der Waals surface area (Å²) < 4.78 is 5.96. The summed E-state index contributed by atoms with van der Waals surface area (Å²) in [5.74, 6) is 0.900. The fourth-order valence-corrected chi connectivity index (χ4v) is 2.82. The van der Waals surface area contributed by atoms with E-state index in [-0.39, 0.29) is 30.5 Å². The van der Waals surface area contributed by atoms with E-state index >= 15 is 0 Å². The normalized spacial score (nSPS) is 25.4. The largest absolute Gasteiger partial charge is 0.473 e. The first kappa shape index (κ1) is 15.9. The molecule has 1 saturated carbocycles. The monoisotopic (exact) mass is 308 g/mol. The summed E-state index contributed by atoms with van der Waals surface area (Å²) in [6.07, 6.45) is 5.62. The molecule has 0 unspecified atom stereocenters. The van der Waals surface area contributed by atoms with Crippen LogP contribution in [0.5, 0.6) is 5.88 Å². The average molecular weight is 309 g/mol. The molecule has 1 saturated heterocycles. The van der Waals surface area contributed by atoms with Crippen molar-refractivity contribution in [1.29, 1.82) is 5.26 Å². The number of halogens is 1. The summed E-state index contributed by atoms with van der Waals surface area (Å²) >= 11 is 0. The zero-order valence-corrected chi connectivity index (χ0v) is 12.8. The number of hydrogen-bond donors (Lipinski definition) is 1. The Morgan fingerprint density at radius 3 is 2.67 bits per heavy atom. The van der Waals surface area contributed by atoms with Crippen LogP contribution in [-0.2, 0) is 0 Å². The third kappa shape index (κ3) is 3.58. The number of hydrogen-bond acceptors (Lipinski definition) is 5. The van der Waals surface area contributed by atoms with Crippen molar-refractivity contribution in [2.75, 3.05) is 18.0 Å². The summed E-state index contributed by atoms with van der Waals surface area (Å²) in [7, 11) is 0. The Morgan fingerprint density at radius 1 is 1.33 bits per heavy atom. The van der Waals surface area contributed by atoms with Crippen LogP contribution in [-0.4, -0.2) is 30.2 Å². The molecular weight excluding hydrogens is 288 g/mol. The van der Waals surface area contributed by atoms with Crippen LogP contribution in [0.25, 0.3) is 0 Å². The first-order valence-corrected chi connectivity index (χ1v) is 7.28. The molecule has 0 aromatic carbocycles. The molecule has 0 atom stereocenters. The molecule has 1 aliphatic carbocycles. The highest BCUT2D eigenvalue weighted by molar-refractivity contribution is 5.85. The van der Waals surface area contributed by atoms with Crippen molar-refractivity contribution in [3.63, 3.8) is 0 Å². The lowest BCUT2D eigenvalue weighted by atomic mass is 9.90. The Kier molecular flexibility index (Phi) is 5.27. The van der Waals surface area contributed by atoms with Crippen molar-refractivity contribution < 1.29 is 4.74 Å². The molecule has 114 valence electrons. The van der Waals surface area contributed by atoms with Gasteiger partial charge in [-0.2, -0.15) is 5.26 Å². The molecule has 5 nitrogen and oxygen atoms in total.